The van der Waals surface area contributed by atoms with E-state index in [0.717, 1.165) is 15.7 Å². The van der Waals surface area contributed by atoms with Gasteiger partial charge in [-0.3, -0.25) is 9.69 Å². The molecule has 0 radical (unpaired) electrons. The summed E-state index contributed by atoms with van der Waals surface area (Å²) in [5.41, 5.74) is 3.93. The lowest BCUT2D eigenvalue weighted by atomic mass is 10.0. The summed E-state index contributed by atoms with van der Waals surface area (Å²) in [4.78, 5) is 27.3. The molecule has 0 unspecified atom stereocenters. The van der Waals surface area contributed by atoms with Crippen LogP contribution in [0.15, 0.2) is 69.8 Å². The minimum absolute atomic E-state index is 0.241. The van der Waals surface area contributed by atoms with Crippen molar-refractivity contribution in [2.75, 3.05) is 12.0 Å². The number of carbonyl (C=O) groups excluding carboxylic acids is 2. The van der Waals surface area contributed by atoms with E-state index in [1.807, 2.05) is 48.5 Å². The van der Waals surface area contributed by atoms with E-state index in [2.05, 4.69) is 29.8 Å². The van der Waals surface area contributed by atoms with Crippen molar-refractivity contribution in [2.45, 2.75) is 26.7 Å². The van der Waals surface area contributed by atoms with Crippen molar-refractivity contribution in [1.82, 2.24) is 0 Å². The number of carbonyl (C=O) groups is 2. The van der Waals surface area contributed by atoms with Crippen molar-refractivity contribution in [3.8, 4) is 0 Å². The highest BCUT2D eigenvalue weighted by Crippen LogP contribution is 2.36. The summed E-state index contributed by atoms with van der Waals surface area (Å²) in [5, 5.41) is 0. The lowest BCUT2D eigenvalue weighted by molar-refractivity contribution is -0.136. The first-order valence-corrected chi connectivity index (χ1v) is 9.84. The maximum absolute atomic E-state index is 13.3. The number of hydrogen-bond acceptors (Lipinski definition) is 3. The molecular weight excluding hydrogens is 418 g/mol. The molecule has 3 rings (SSSR count). The summed E-state index contributed by atoms with van der Waals surface area (Å²) in [6.45, 7) is 6.01. The molecule has 0 spiro atoms. The van der Waals surface area contributed by atoms with Gasteiger partial charge >= 0.3 is 5.97 Å². The Morgan fingerprint density at radius 3 is 2.39 bits per heavy atom. The third-order valence-corrected chi connectivity index (χ3v) is 5.26. The van der Waals surface area contributed by atoms with E-state index in [0.29, 0.717) is 22.8 Å². The number of anilines is 1. The fourth-order valence-corrected chi connectivity index (χ4v) is 3.68. The zero-order valence-electron chi connectivity index (χ0n) is 16.3. The number of amides is 1. The van der Waals surface area contributed by atoms with E-state index in [1.54, 1.807) is 17.9 Å². The molecule has 4 nitrogen and oxygen atoms in total. The Bertz CT molecular complexity index is 987. The van der Waals surface area contributed by atoms with E-state index in [4.69, 9.17) is 4.74 Å². The largest absolute Gasteiger partial charge is 0.465 e. The van der Waals surface area contributed by atoms with Gasteiger partial charge in [0, 0.05) is 15.9 Å². The number of rotatable bonds is 4. The molecule has 1 aliphatic heterocycles. The number of esters is 1. The van der Waals surface area contributed by atoms with Crippen molar-refractivity contribution in [3.05, 3.63) is 81.0 Å². The van der Waals surface area contributed by atoms with Crippen molar-refractivity contribution in [2.24, 2.45) is 0 Å². The predicted octanol–water partition coefficient (Wildman–Crippen LogP) is 5.45. The van der Waals surface area contributed by atoms with Gasteiger partial charge in [-0.15, -0.1) is 0 Å². The quantitative estimate of drug-likeness (QED) is 0.469. The summed E-state index contributed by atoms with van der Waals surface area (Å²) in [6, 6.07) is 15.4. The van der Waals surface area contributed by atoms with Crippen molar-refractivity contribution in [3.63, 3.8) is 0 Å². The molecule has 28 heavy (non-hydrogen) atoms. The molecule has 2 aromatic rings. The van der Waals surface area contributed by atoms with Crippen molar-refractivity contribution < 1.29 is 14.3 Å². The molecule has 0 bridgehead atoms. The SMILES string of the molecule is COC(=O)C1=C(C)N(c2ccc(C(C)C)cc2)C(=O)/C1=C\c1cccc(Br)c1. The molecule has 0 aromatic heterocycles. The molecule has 0 saturated carbocycles. The first kappa shape index (κ1) is 20.1. The molecule has 0 aliphatic carbocycles. The van der Waals surface area contributed by atoms with Crippen LogP contribution in [0.3, 0.4) is 0 Å². The van der Waals surface area contributed by atoms with Gasteiger partial charge in [0.25, 0.3) is 5.91 Å². The predicted molar refractivity (Wildman–Crippen MR) is 115 cm³/mol. The molecule has 0 atom stereocenters. The van der Waals surface area contributed by atoms with E-state index in [1.165, 1.54) is 12.7 Å². The first-order valence-electron chi connectivity index (χ1n) is 9.04. The Morgan fingerprint density at radius 1 is 1.14 bits per heavy atom. The van der Waals surface area contributed by atoms with Gasteiger partial charge in [0.05, 0.1) is 18.3 Å². The maximum Gasteiger partial charge on any atom is 0.340 e. The zero-order chi connectivity index (χ0) is 20.4. The van der Waals surface area contributed by atoms with Gasteiger partial charge in [-0.25, -0.2) is 4.79 Å². The average Bonchev–Trinajstić information content (AvgIpc) is 2.91. The fourth-order valence-electron chi connectivity index (χ4n) is 3.26. The summed E-state index contributed by atoms with van der Waals surface area (Å²) >= 11 is 3.43. The van der Waals surface area contributed by atoms with Gasteiger partial charge in [-0.2, -0.15) is 0 Å². The van der Waals surface area contributed by atoms with E-state index in [9.17, 15) is 9.59 Å². The van der Waals surface area contributed by atoms with Gasteiger partial charge < -0.3 is 4.74 Å². The third-order valence-electron chi connectivity index (χ3n) is 4.77. The van der Waals surface area contributed by atoms with Gasteiger partial charge in [0.15, 0.2) is 0 Å². The van der Waals surface area contributed by atoms with Crippen LogP contribution in [0.25, 0.3) is 6.08 Å². The molecule has 0 saturated heterocycles. The van der Waals surface area contributed by atoms with Gasteiger partial charge in [0.2, 0.25) is 0 Å². The third kappa shape index (κ3) is 3.80. The minimum Gasteiger partial charge on any atom is -0.465 e. The fraction of sp³-hybridized carbons (Fsp3) is 0.217. The van der Waals surface area contributed by atoms with Crippen molar-refractivity contribution in [1.29, 1.82) is 0 Å². The summed E-state index contributed by atoms with van der Waals surface area (Å²) < 4.78 is 5.85. The lowest BCUT2D eigenvalue weighted by Crippen LogP contribution is -2.24. The molecule has 1 amide bonds. The highest BCUT2D eigenvalue weighted by molar-refractivity contribution is 9.10. The Kier molecular flexibility index (Phi) is 5.84. The molecule has 1 aliphatic rings. The lowest BCUT2D eigenvalue weighted by Gasteiger charge is -2.19. The van der Waals surface area contributed by atoms with Crippen LogP contribution in [0.4, 0.5) is 5.69 Å². The Hall–Kier alpha value is -2.66. The number of ether oxygens (including phenoxy) is 1. The average molecular weight is 440 g/mol. The number of benzene rings is 2. The number of methoxy groups -OCH3 is 1. The van der Waals surface area contributed by atoms with Gasteiger partial charge in [0.1, 0.15) is 0 Å². The summed E-state index contributed by atoms with van der Waals surface area (Å²) in [6.07, 6.45) is 1.73. The second kappa shape index (κ2) is 8.15. The standard InChI is InChI=1S/C23H22BrNO3/c1-14(2)17-8-10-19(11-9-17)25-15(3)21(23(27)28-4)20(22(25)26)13-16-6-5-7-18(24)12-16/h5-14H,1-4H3/b20-13-. The van der Waals surface area contributed by atoms with Crippen LogP contribution >= 0.6 is 15.9 Å². The number of nitrogens with zero attached hydrogens (tertiary/aromatic N) is 1. The Morgan fingerprint density at radius 2 is 1.82 bits per heavy atom. The normalized spacial score (nSPS) is 15.7. The van der Waals surface area contributed by atoms with Crippen molar-refractivity contribution >= 4 is 39.6 Å². The van der Waals surface area contributed by atoms with Gasteiger partial charge in [-0.05, 0) is 54.3 Å². The van der Waals surface area contributed by atoms with E-state index in [-0.39, 0.29) is 5.91 Å². The maximum atomic E-state index is 13.3. The first-order chi connectivity index (χ1) is 13.3. The topological polar surface area (TPSA) is 46.6 Å². The highest BCUT2D eigenvalue weighted by Gasteiger charge is 2.37. The van der Waals surface area contributed by atoms with Crippen LogP contribution in [0, 0.1) is 0 Å². The molecule has 0 N–H and O–H groups in total. The molecule has 144 valence electrons. The second-order valence-electron chi connectivity index (χ2n) is 6.95. The molecule has 2 aromatic carbocycles. The van der Waals surface area contributed by atoms with Crippen LogP contribution in [0.2, 0.25) is 0 Å². The van der Waals surface area contributed by atoms with Gasteiger partial charge in [-0.1, -0.05) is 54.0 Å². The van der Waals surface area contributed by atoms with Crippen LogP contribution in [0.5, 0.6) is 0 Å². The van der Waals surface area contributed by atoms with E-state index < -0.39 is 5.97 Å². The Balaban J connectivity index is 2.09. The van der Waals surface area contributed by atoms with Crippen LogP contribution in [-0.2, 0) is 14.3 Å². The van der Waals surface area contributed by atoms with Crippen LogP contribution in [0.1, 0.15) is 37.8 Å². The molecule has 5 heteroatoms. The number of allylic oxidation sites excluding steroid dienone is 1. The second-order valence-corrected chi connectivity index (χ2v) is 7.87. The van der Waals surface area contributed by atoms with E-state index >= 15 is 0 Å². The summed E-state index contributed by atoms with van der Waals surface area (Å²) in [5.74, 6) is -0.360. The monoisotopic (exact) mass is 439 g/mol. The molecular formula is C23H22BrNO3. The summed E-state index contributed by atoms with van der Waals surface area (Å²) in [7, 11) is 1.32. The molecule has 1 heterocycles. The highest BCUT2D eigenvalue weighted by atomic mass is 79.9. The number of halogens is 1. The molecule has 0 fully saturated rings. The number of hydrogen-bond donors (Lipinski definition) is 0. The Labute approximate surface area is 173 Å². The minimum atomic E-state index is -0.520. The zero-order valence-corrected chi connectivity index (χ0v) is 17.9. The smallest absolute Gasteiger partial charge is 0.340 e. The van der Waals surface area contributed by atoms with Crippen LogP contribution in [-0.4, -0.2) is 19.0 Å². The van der Waals surface area contributed by atoms with Crippen LogP contribution < -0.4 is 4.90 Å².